The van der Waals surface area contributed by atoms with E-state index in [4.69, 9.17) is 16.3 Å². The number of ether oxygens (including phenoxy) is 1. The smallest absolute Gasteiger partial charge is 0.167 e. The van der Waals surface area contributed by atoms with Crippen LogP contribution in [0.15, 0.2) is 36.4 Å². The number of rotatable bonds is 5. The minimum Gasteiger partial charge on any atom is -0.454 e. The normalized spacial score (nSPS) is 11.0. The van der Waals surface area contributed by atoms with E-state index in [1.807, 2.05) is 13.8 Å². The Labute approximate surface area is 127 Å². The van der Waals surface area contributed by atoms with Gasteiger partial charge >= 0.3 is 0 Å². The summed E-state index contributed by atoms with van der Waals surface area (Å²) in [7, 11) is 0. The molecule has 1 N–H and O–H groups in total. The van der Waals surface area contributed by atoms with Crippen molar-refractivity contribution in [3.63, 3.8) is 0 Å². The summed E-state index contributed by atoms with van der Waals surface area (Å²) < 4.78 is 32.7. The molecule has 0 aromatic heterocycles. The molecule has 5 heteroatoms. The van der Waals surface area contributed by atoms with Crippen LogP contribution in [0.2, 0.25) is 5.02 Å². The molecule has 0 amide bonds. The quantitative estimate of drug-likeness (QED) is 0.847. The molecule has 0 fully saturated rings. The fraction of sp³-hybridized carbons (Fsp3) is 0.250. The van der Waals surface area contributed by atoms with Crippen LogP contribution in [0.1, 0.15) is 19.4 Å². The fourth-order valence-corrected chi connectivity index (χ4v) is 1.95. The molecule has 21 heavy (non-hydrogen) atoms. The largest absolute Gasteiger partial charge is 0.454 e. The summed E-state index contributed by atoms with van der Waals surface area (Å²) in [6, 6.07) is 8.90. The molecule has 112 valence electrons. The highest BCUT2D eigenvalue weighted by atomic mass is 35.5. The lowest BCUT2D eigenvalue weighted by Crippen LogP contribution is -2.22. The third-order valence-electron chi connectivity index (χ3n) is 2.86. The highest BCUT2D eigenvalue weighted by Crippen LogP contribution is 2.30. The van der Waals surface area contributed by atoms with Crippen molar-refractivity contribution in [2.75, 3.05) is 0 Å². The molecule has 0 spiro atoms. The lowest BCUT2D eigenvalue weighted by Gasteiger charge is -2.14. The van der Waals surface area contributed by atoms with Gasteiger partial charge in [-0.25, -0.2) is 8.78 Å². The molecule has 0 unspecified atom stereocenters. The van der Waals surface area contributed by atoms with E-state index >= 15 is 0 Å². The molecule has 0 saturated heterocycles. The summed E-state index contributed by atoms with van der Waals surface area (Å²) in [5.41, 5.74) is 0.684. The first-order valence-electron chi connectivity index (χ1n) is 6.61. The second-order valence-corrected chi connectivity index (χ2v) is 5.35. The Morgan fingerprint density at radius 1 is 1.14 bits per heavy atom. The van der Waals surface area contributed by atoms with Gasteiger partial charge in [-0.15, -0.1) is 0 Å². The van der Waals surface area contributed by atoms with E-state index in [0.717, 1.165) is 0 Å². The number of para-hydroxylation sites is 1. The number of hydrogen-bond acceptors (Lipinski definition) is 2. The first kappa shape index (κ1) is 15.7. The van der Waals surface area contributed by atoms with Gasteiger partial charge in [-0.3, -0.25) is 0 Å². The lowest BCUT2D eigenvalue weighted by atomic mass is 10.2. The van der Waals surface area contributed by atoms with E-state index in [2.05, 4.69) is 5.32 Å². The van der Waals surface area contributed by atoms with Crippen molar-refractivity contribution in [2.45, 2.75) is 26.4 Å². The maximum absolute atomic E-state index is 14.0. The van der Waals surface area contributed by atoms with Gasteiger partial charge in [0, 0.05) is 24.2 Å². The summed E-state index contributed by atoms with van der Waals surface area (Å²) in [5.74, 6) is -0.608. The van der Waals surface area contributed by atoms with E-state index in [-0.39, 0.29) is 22.6 Å². The molecule has 0 aliphatic rings. The van der Waals surface area contributed by atoms with Crippen LogP contribution >= 0.6 is 11.6 Å². The number of hydrogen-bond donors (Lipinski definition) is 1. The number of nitrogens with one attached hydrogen (secondary N) is 1. The Morgan fingerprint density at radius 3 is 2.57 bits per heavy atom. The van der Waals surface area contributed by atoms with Gasteiger partial charge in [0.25, 0.3) is 0 Å². The Kier molecular flexibility index (Phi) is 5.15. The van der Waals surface area contributed by atoms with Crippen LogP contribution in [0.4, 0.5) is 8.78 Å². The third-order valence-corrected chi connectivity index (χ3v) is 3.15. The Bertz CT molecular complexity index is 632. The van der Waals surface area contributed by atoms with Crippen LogP contribution in [0, 0.1) is 11.6 Å². The van der Waals surface area contributed by atoms with Crippen molar-refractivity contribution in [2.24, 2.45) is 0 Å². The molecular weight excluding hydrogens is 296 g/mol. The minimum absolute atomic E-state index is 0.0642. The molecule has 2 aromatic carbocycles. The summed E-state index contributed by atoms with van der Waals surface area (Å²) in [6.45, 7) is 4.47. The maximum Gasteiger partial charge on any atom is 0.167 e. The number of benzene rings is 2. The van der Waals surface area contributed by atoms with Crippen molar-refractivity contribution in [1.29, 1.82) is 0 Å². The van der Waals surface area contributed by atoms with Gasteiger partial charge in [0.15, 0.2) is 11.6 Å². The second-order valence-electron chi connectivity index (χ2n) is 4.94. The summed E-state index contributed by atoms with van der Waals surface area (Å²) in [4.78, 5) is 0. The van der Waals surface area contributed by atoms with Gasteiger partial charge in [0.1, 0.15) is 11.6 Å². The standard InChI is InChI=1S/C16H16ClF2NO/c1-10(2)20-9-11-4-3-5-15(19)16(11)21-12-6-7-14(18)13(17)8-12/h3-8,10,20H,9H2,1-2H3. The summed E-state index contributed by atoms with van der Waals surface area (Å²) in [6.07, 6.45) is 0. The Balaban J connectivity index is 2.27. The minimum atomic E-state index is -0.542. The van der Waals surface area contributed by atoms with E-state index in [9.17, 15) is 8.78 Å². The maximum atomic E-state index is 14.0. The molecule has 0 bridgehead atoms. The molecule has 0 radical (unpaired) electrons. The number of halogens is 3. The summed E-state index contributed by atoms with van der Waals surface area (Å²) in [5, 5.41) is 3.14. The monoisotopic (exact) mass is 311 g/mol. The fourth-order valence-electron chi connectivity index (χ4n) is 1.78. The van der Waals surface area contributed by atoms with Crippen LogP contribution in [0.25, 0.3) is 0 Å². The SMILES string of the molecule is CC(C)NCc1cccc(F)c1Oc1ccc(F)c(Cl)c1. The highest BCUT2D eigenvalue weighted by Gasteiger charge is 2.12. The molecule has 2 rings (SSSR count). The highest BCUT2D eigenvalue weighted by molar-refractivity contribution is 6.30. The zero-order chi connectivity index (χ0) is 15.4. The molecule has 0 saturated carbocycles. The molecule has 0 aliphatic carbocycles. The molecule has 0 heterocycles. The van der Waals surface area contributed by atoms with Crippen LogP contribution in [-0.2, 0) is 6.54 Å². The molecule has 2 aromatic rings. The topological polar surface area (TPSA) is 21.3 Å². The second kappa shape index (κ2) is 6.87. The van der Waals surface area contributed by atoms with E-state index in [1.54, 1.807) is 12.1 Å². The lowest BCUT2D eigenvalue weighted by molar-refractivity contribution is 0.430. The van der Waals surface area contributed by atoms with E-state index in [0.29, 0.717) is 12.1 Å². The molecule has 0 aliphatic heterocycles. The van der Waals surface area contributed by atoms with Crippen molar-refractivity contribution in [3.8, 4) is 11.5 Å². The van der Waals surface area contributed by atoms with Crippen LogP contribution in [0.3, 0.4) is 0 Å². The van der Waals surface area contributed by atoms with Crippen molar-refractivity contribution in [3.05, 3.63) is 58.6 Å². The third kappa shape index (κ3) is 4.16. The van der Waals surface area contributed by atoms with E-state index in [1.165, 1.54) is 24.3 Å². The van der Waals surface area contributed by atoms with Crippen LogP contribution < -0.4 is 10.1 Å². The molecule has 0 atom stereocenters. The van der Waals surface area contributed by atoms with Crippen molar-refractivity contribution in [1.82, 2.24) is 5.32 Å². The van der Waals surface area contributed by atoms with Crippen LogP contribution in [-0.4, -0.2) is 6.04 Å². The average molecular weight is 312 g/mol. The Morgan fingerprint density at radius 2 is 1.90 bits per heavy atom. The zero-order valence-electron chi connectivity index (χ0n) is 11.8. The molecule has 2 nitrogen and oxygen atoms in total. The van der Waals surface area contributed by atoms with Gasteiger partial charge < -0.3 is 10.1 Å². The predicted molar refractivity (Wildman–Crippen MR) is 79.9 cm³/mol. The predicted octanol–water partition coefficient (Wildman–Crippen LogP) is 4.91. The first-order valence-corrected chi connectivity index (χ1v) is 6.99. The first-order chi connectivity index (χ1) is 9.97. The van der Waals surface area contributed by atoms with Crippen molar-refractivity contribution < 1.29 is 13.5 Å². The van der Waals surface area contributed by atoms with Gasteiger partial charge in [-0.2, -0.15) is 0 Å². The van der Waals surface area contributed by atoms with Gasteiger partial charge in [-0.05, 0) is 18.2 Å². The van der Waals surface area contributed by atoms with Crippen molar-refractivity contribution >= 4 is 11.6 Å². The Hall–Kier alpha value is -1.65. The molecular formula is C16H16ClF2NO. The van der Waals surface area contributed by atoms with Gasteiger partial charge in [0.05, 0.1) is 5.02 Å². The van der Waals surface area contributed by atoms with Gasteiger partial charge in [0.2, 0.25) is 0 Å². The van der Waals surface area contributed by atoms with Crippen LogP contribution in [0.5, 0.6) is 11.5 Å². The van der Waals surface area contributed by atoms with Gasteiger partial charge in [-0.1, -0.05) is 37.6 Å². The summed E-state index contributed by atoms with van der Waals surface area (Å²) >= 11 is 5.70. The zero-order valence-corrected chi connectivity index (χ0v) is 12.5. The van der Waals surface area contributed by atoms with E-state index < -0.39 is 11.6 Å². The average Bonchev–Trinajstić information content (AvgIpc) is 2.43.